The van der Waals surface area contributed by atoms with Crippen LogP contribution in [0, 0.1) is 16.4 Å². The fourth-order valence-corrected chi connectivity index (χ4v) is 1.87. The lowest BCUT2D eigenvalue weighted by atomic mass is 10.2. The number of aromatic amines is 1. The van der Waals surface area contributed by atoms with Crippen molar-refractivity contribution in [2.24, 2.45) is 0 Å². The van der Waals surface area contributed by atoms with Gasteiger partial charge in [0, 0.05) is 18.0 Å². The van der Waals surface area contributed by atoms with Crippen LogP contribution in [-0.4, -0.2) is 9.55 Å². The third-order valence-electron chi connectivity index (χ3n) is 2.37. The maximum atomic E-state index is 13.6. The van der Waals surface area contributed by atoms with E-state index in [-0.39, 0.29) is 5.69 Å². The van der Waals surface area contributed by atoms with E-state index in [4.69, 9.17) is 12.2 Å². The van der Waals surface area contributed by atoms with Gasteiger partial charge in [0.1, 0.15) is 11.6 Å². The molecule has 1 heterocycles. The summed E-state index contributed by atoms with van der Waals surface area (Å²) in [6.07, 6.45) is 2.44. The van der Waals surface area contributed by atoms with Gasteiger partial charge in [-0.1, -0.05) is 6.92 Å². The molecule has 84 valence electrons. The van der Waals surface area contributed by atoms with Gasteiger partial charge in [-0.05, 0) is 30.8 Å². The van der Waals surface area contributed by atoms with Crippen molar-refractivity contribution in [3.8, 4) is 5.69 Å². The first kappa shape index (κ1) is 11.0. The first-order valence-corrected chi connectivity index (χ1v) is 5.29. The van der Waals surface area contributed by atoms with E-state index < -0.39 is 11.6 Å². The molecular weight excluding hydrogens is 230 g/mol. The van der Waals surface area contributed by atoms with E-state index in [9.17, 15) is 8.78 Å². The first-order valence-electron chi connectivity index (χ1n) is 4.88. The third-order valence-corrected chi connectivity index (χ3v) is 2.67. The van der Waals surface area contributed by atoms with Crippen molar-refractivity contribution in [2.45, 2.75) is 13.3 Å². The third kappa shape index (κ3) is 1.78. The number of halogens is 2. The highest BCUT2D eigenvalue weighted by Crippen LogP contribution is 2.17. The van der Waals surface area contributed by atoms with Crippen LogP contribution in [0.25, 0.3) is 5.69 Å². The topological polar surface area (TPSA) is 20.7 Å². The molecule has 2 aromatic rings. The largest absolute Gasteiger partial charge is 0.337 e. The van der Waals surface area contributed by atoms with Gasteiger partial charge >= 0.3 is 0 Å². The predicted octanol–water partition coefficient (Wildman–Crippen LogP) is 3.38. The molecular formula is C11H10F2N2S. The Morgan fingerprint density at radius 1 is 1.38 bits per heavy atom. The molecule has 0 bridgehead atoms. The highest BCUT2D eigenvalue weighted by atomic mass is 32.1. The summed E-state index contributed by atoms with van der Waals surface area (Å²) < 4.78 is 28.4. The molecule has 5 heteroatoms. The number of nitrogens with zero attached hydrogens (tertiary/aromatic N) is 1. The van der Waals surface area contributed by atoms with Crippen LogP contribution < -0.4 is 0 Å². The molecule has 1 aromatic heterocycles. The van der Waals surface area contributed by atoms with Crippen molar-refractivity contribution in [2.75, 3.05) is 0 Å². The van der Waals surface area contributed by atoms with E-state index >= 15 is 0 Å². The molecule has 0 fully saturated rings. The Morgan fingerprint density at radius 2 is 2.12 bits per heavy atom. The number of rotatable bonds is 2. The van der Waals surface area contributed by atoms with E-state index in [1.165, 1.54) is 12.1 Å². The second-order valence-corrected chi connectivity index (χ2v) is 3.76. The van der Waals surface area contributed by atoms with Gasteiger partial charge in [-0.25, -0.2) is 8.78 Å². The van der Waals surface area contributed by atoms with E-state index in [1.54, 1.807) is 10.8 Å². The Hall–Kier alpha value is -1.49. The van der Waals surface area contributed by atoms with Crippen LogP contribution in [0.2, 0.25) is 0 Å². The highest BCUT2D eigenvalue weighted by molar-refractivity contribution is 7.71. The number of benzene rings is 1. The van der Waals surface area contributed by atoms with Crippen LogP contribution >= 0.6 is 12.2 Å². The zero-order valence-corrected chi connectivity index (χ0v) is 9.44. The maximum absolute atomic E-state index is 13.6. The molecule has 0 saturated carbocycles. The average Bonchev–Trinajstić information content (AvgIpc) is 2.60. The van der Waals surface area contributed by atoms with E-state index in [1.807, 2.05) is 6.92 Å². The number of nitrogens with one attached hydrogen (secondary N) is 1. The number of aryl methyl sites for hydroxylation is 1. The number of aromatic nitrogens is 2. The highest BCUT2D eigenvalue weighted by Gasteiger charge is 2.10. The molecule has 2 rings (SSSR count). The molecule has 1 aromatic carbocycles. The molecule has 0 amide bonds. The smallest absolute Gasteiger partial charge is 0.182 e. The molecule has 1 N–H and O–H groups in total. The Kier molecular flexibility index (Phi) is 2.87. The minimum Gasteiger partial charge on any atom is -0.337 e. The Bertz CT molecular complexity index is 572. The SMILES string of the molecule is CCc1c[nH]c(=S)n1-c1ccc(F)cc1F. The molecule has 0 atom stereocenters. The van der Waals surface area contributed by atoms with Crippen molar-refractivity contribution in [3.05, 3.63) is 46.5 Å². The summed E-state index contributed by atoms with van der Waals surface area (Å²) in [5.74, 6) is -1.22. The number of imidazole rings is 1. The van der Waals surface area contributed by atoms with Gasteiger partial charge in [0.2, 0.25) is 0 Å². The van der Waals surface area contributed by atoms with Gasteiger partial charge < -0.3 is 4.98 Å². The van der Waals surface area contributed by atoms with Crippen LogP contribution in [-0.2, 0) is 6.42 Å². The number of hydrogen-bond acceptors (Lipinski definition) is 1. The van der Waals surface area contributed by atoms with E-state index in [0.717, 1.165) is 11.8 Å². The van der Waals surface area contributed by atoms with Crippen molar-refractivity contribution in [1.29, 1.82) is 0 Å². The van der Waals surface area contributed by atoms with Crippen LogP contribution in [0.1, 0.15) is 12.6 Å². The summed E-state index contributed by atoms with van der Waals surface area (Å²) in [7, 11) is 0. The lowest BCUT2D eigenvalue weighted by molar-refractivity contribution is 0.576. The van der Waals surface area contributed by atoms with Gasteiger partial charge in [0.25, 0.3) is 0 Å². The fourth-order valence-electron chi connectivity index (χ4n) is 1.59. The van der Waals surface area contributed by atoms with Crippen LogP contribution in [0.4, 0.5) is 8.78 Å². The zero-order valence-electron chi connectivity index (χ0n) is 8.63. The molecule has 0 aliphatic carbocycles. The zero-order chi connectivity index (χ0) is 11.7. The van der Waals surface area contributed by atoms with Crippen molar-refractivity contribution in [3.63, 3.8) is 0 Å². The van der Waals surface area contributed by atoms with Crippen molar-refractivity contribution < 1.29 is 8.78 Å². The second-order valence-electron chi connectivity index (χ2n) is 3.37. The summed E-state index contributed by atoms with van der Waals surface area (Å²) in [4.78, 5) is 2.85. The number of hydrogen-bond donors (Lipinski definition) is 1. The summed E-state index contributed by atoms with van der Waals surface area (Å²) in [5.41, 5.74) is 1.13. The Labute approximate surface area is 96.5 Å². The first-order chi connectivity index (χ1) is 7.63. The minimum absolute atomic E-state index is 0.268. The molecule has 0 aliphatic rings. The summed E-state index contributed by atoms with van der Waals surface area (Å²) >= 11 is 5.06. The van der Waals surface area contributed by atoms with E-state index in [0.29, 0.717) is 11.2 Å². The van der Waals surface area contributed by atoms with Crippen molar-refractivity contribution in [1.82, 2.24) is 9.55 Å². The van der Waals surface area contributed by atoms with Crippen LogP contribution in [0.5, 0.6) is 0 Å². The normalized spacial score (nSPS) is 10.7. The lowest BCUT2D eigenvalue weighted by Gasteiger charge is -2.07. The monoisotopic (exact) mass is 240 g/mol. The van der Waals surface area contributed by atoms with Crippen LogP contribution in [0.15, 0.2) is 24.4 Å². The molecule has 2 nitrogen and oxygen atoms in total. The van der Waals surface area contributed by atoms with Gasteiger partial charge in [-0.3, -0.25) is 4.57 Å². The maximum Gasteiger partial charge on any atom is 0.182 e. The lowest BCUT2D eigenvalue weighted by Crippen LogP contribution is -2.02. The summed E-state index contributed by atoms with van der Waals surface area (Å²) in [5, 5.41) is 0. The van der Waals surface area contributed by atoms with Crippen molar-refractivity contribution >= 4 is 12.2 Å². The van der Waals surface area contributed by atoms with Gasteiger partial charge in [-0.15, -0.1) is 0 Å². The average molecular weight is 240 g/mol. The molecule has 0 unspecified atom stereocenters. The molecule has 0 saturated heterocycles. The Morgan fingerprint density at radius 3 is 2.75 bits per heavy atom. The van der Waals surface area contributed by atoms with Gasteiger partial charge in [0.05, 0.1) is 5.69 Å². The molecule has 16 heavy (non-hydrogen) atoms. The standard InChI is InChI=1S/C11H10F2N2S/c1-2-8-6-14-11(16)15(8)10-4-3-7(12)5-9(10)13/h3-6H,2H2,1H3,(H,14,16). The second kappa shape index (κ2) is 4.17. The van der Waals surface area contributed by atoms with Gasteiger partial charge in [-0.2, -0.15) is 0 Å². The Balaban J connectivity index is 2.67. The predicted molar refractivity (Wildman–Crippen MR) is 60.2 cm³/mol. The fraction of sp³-hybridized carbons (Fsp3) is 0.182. The minimum atomic E-state index is -0.620. The molecule has 0 spiro atoms. The molecule has 0 aliphatic heterocycles. The van der Waals surface area contributed by atoms with E-state index in [2.05, 4.69) is 4.98 Å². The molecule has 0 radical (unpaired) electrons. The quantitative estimate of drug-likeness (QED) is 0.798. The summed E-state index contributed by atoms with van der Waals surface area (Å²) in [6, 6.07) is 3.45. The number of H-pyrrole nitrogens is 1. The van der Waals surface area contributed by atoms with Crippen LogP contribution in [0.3, 0.4) is 0 Å². The van der Waals surface area contributed by atoms with Gasteiger partial charge in [0.15, 0.2) is 4.77 Å². The summed E-state index contributed by atoms with van der Waals surface area (Å²) in [6.45, 7) is 1.94.